The molecule has 0 bridgehead atoms. The normalized spacial score (nSPS) is 12.8. The third-order valence-corrected chi connectivity index (χ3v) is 10.5. The molecule has 0 aromatic heterocycles. The lowest BCUT2D eigenvalue weighted by Gasteiger charge is -2.32. The fraction of sp³-hybridized carbons (Fsp3) is 0.929. The van der Waals surface area contributed by atoms with E-state index in [1.54, 1.807) is 6.08 Å². The van der Waals surface area contributed by atoms with E-state index in [1.165, 1.54) is 173 Å². The zero-order valence-corrected chi connectivity index (χ0v) is 35.9. The molecule has 0 radical (unpaired) electrons. The van der Waals surface area contributed by atoms with Gasteiger partial charge in [-0.1, -0.05) is 219 Å². The van der Waals surface area contributed by atoms with Crippen molar-refractivity contribution in [1.82, 2.24) is 17.6 Å². The van der Waals surface area contributed by atoms with Crippen molar-refractivity contribution in [2.75, 3.05) is 6.61 Å². The Labute approximate surface area is 322 Å². The van der Waals surface area contributed by atoms with E-state index >= 15 is 0 Å². The van der Waals surface area contributed by atoms with Crippen LogP contribution in [0.25, 0.3) is 0 Å². The summed E-state index contributed by atoms with van der Waals surface area (Å²) in [6.07, 6.45) is 44.8. The molecular formula is C42H90N3O6P. The Morgan fingerprint density at radius 3 is 1.21 bits per heavy atom. The number of rotatable bonds is 40. The van der Waals surface area contributed by atoms with Crippen LogP contribution in [0.1, 0.15) is 232 Å². The molecule has 0 aliphatic heterocycles. The fourth-order valence-corrected chi connectivity index (χ4v) is 7.03. The summed E-state index contributed by atoms with van der Waals surface area (Å²) < 4.78 is 15.5. The maximum Gasteiger partial charge on any atom is 0.220 e. The molecule has 9 nitrogen and oxygen atoms in total. The van der Waals surface area contributed by atoms with E-state index in [0.717, 1.165) is 38.5 Å². The van der Waals surface area contributed by atoms with Crippen LogP contribution in [-0.2, 0) is 13.9 Å². The Morgan fingerprint density at radius 2 is 0.885 bits per heavy atom. The number of aliphatic hydroxyl groups excluding tert-OH is 1. The van der Waals surface area contributed by atoms with Crippen molar-refractivity contribution in [2.24, 2.45) is 0 Å². The predicted octanol–water partition coefficient (Wildman–Crippen LogP) is 12.3. The zero-order valence-electron chi connectivity index (χ0n) is 35.0. The monoisotopic (exact) mass is 764 g/mol. The van der Waals surface area contributed by atoms with Gasteiger partial charge in [0.05, 0.1) is 26.6 Å². The maximum absolute atomic E-state index is 12.5. The summed E-state index contributed by atoms with van der Waals surface area (Å²) in [4.78, 5) is 34.6. The molecule has 314 valence electrons. The van der Waals surface area contributed by atoms with E-state index in [1.807, 2.05) is 6.08 Å². The van der Waals surface area contributed by atoms with E-state index in [2.05, 4.69) is 23.7 Å². The quantitative estimate of drug-likeness (QED) is 0.0272. The first kappa shape index (κ1) is 55.5. The van der Waals surface area contributed by atoms with Crippen LogP contribution in [0.3, 0.4) is 0 Å². The van der Waals surface area contributed by atoms with Crippen molar-refractivity contribution in [3.63, 3.8) is 0 Å². The first-order valence-corrected chi connectivity index (χ1v) is 23.1. The SMILES string of the molecule is CCCCCCCCCCCCC/C=C/C(O)C(COP(=O)([O-])[O-])NC(=O)CCCCCCCCCCCCCCCCCCCCCCC.[NH4+].[NH4+]. The highest BCUT2D eigenvalue weighted by molar-refractivity contribution is 7.43. The summed E-state index contributed by atoms with van der Waals surface area (Å²) in [7, 11) is -5.21. The van der Waals surface area contributed by atoms with Gasteiger partial charge in [-0.05, 0) is 19.3 Å². The Hall–Kier alpha value is -0.800. The molecule has 0 aliphatic carbocycles. The second kappa shape index (κ2) is 42.9. The Morgan fingerprint density at radius 1 is 0.577 bits per heavy atom. The Bertz CT molecular complexity index is 798. The van der Waals surface area contributed by atoms with E-state index in [9.17, 15) is 24.3 Å². The summed E-state index contributed by atoms with van der Waals surface area (Å²) in [6.45, 7) is 3.95. The molecule has 0 fully saturated rings. The van der Waals surface area contributed by atoms with E-state index in [4.69, 9.17) is 0 Å². The van der Waals surface area contributed by atoms with Gasteiger partial charge in [-0.15, -0.1) is 0 Å². The van der Waals surface area contributed by atoms with Gasteiger partial charge in [0.2, 0.25) is 5.91 Å². The molecule has 10 heteroatoms. The van der Waals surface area contributed by atoms with Gasteiger partial charge in [0.1, 0.15) is 0 Å². The van der Waals surface area contributed by atoms with Gasteiger partial charge in [0.25, 0.3) is 0 Å². The number of nitrogens with one attached hydrogen (secondary N) is 1. The molecule has 2 atom stereocenters. The maximum atomic E-state index is 12.5. The molecular weight excluding hydrogens is 673 g/mol. The van der Waals surface area contributed by atoms with Gasteiger partial charge >= 0.3 is 0 Å². The number of aliphatic hydroxyl groups is 1. The predicted molar refractivity (Wildman–Crippen MR) is 221 cm³/mol. The lowest BCUT2D eigenvalue weighted by molar-refractivity contribution is -0.342. The number of phosphoric acid groups is 1. The average Bonchev–Trinajstić information content (AvgIpc) is 3.08. The molecule has 0 heterocycles. The van der Waals surface area contributed by atoms with Crippen LogP contribution >= 0.6 is 7.82 Å². The van der Waals surface area contributed by atoms with Gasteiger partial charge < -0.3 is 41.6 Å². The third kappa shape index (κ3) is 43.6. The molecule has 0 spiro atoms. The number of hydrogen-bond acceptors (Lipinski definition) is 6. The Balaban J connectivity index is -0.0000120. The minimum Gasteiger partial charge on any atom is -0.790 e. The summed E-state index contributed by atoms with van der Waals surface area (Å²) in [6, 6.07) is -0.984. The van der Waals surface area contributed by atoms with E-state index < -0.39 is 26.6 Å². The first-order chi connectivity index (χ1) is 24.3. The average molecular weight is 764 g/mol. The number of hydrogen-bond donors (Lipinski definition) is 4. The molecule has 0 saturated carbocycles. The van der Waals surface area contributed by atoms with Gasteiger partial charge in [0.15, 0.2) is 0 Å². The Kier molecular flexibility index (Phi) is 45.9. The molecule has 52 heavy (non-hydrogen) atoms. The highest BCUT2D eigenvalue weighted by atomic mass is 31.2. The number of quaternary nitrogens is 2. The number of carbonyl (C=O) groups is 1. The molecule has 0 rings (SSSR count). The van der Waals surface area contributed by atoms with Gasteiger partial charge in [0, 0.05) is 6.42 Å². The molecule has 10 N–H and O–H groups in total. The van der Waals surface area contributed by atoms with Gasteiger partial charge in [-0.2, -0.15) is 0 Å². The number of allylic oxidation sites excluding steroid dienone is 1. The second-order valence-electron chi connectivity index (χ2n) is 15.0. The highest BCUT2D eigenvalue weighted by Gasteiger charge is 2.20. The largest absolute Gasteiger partial charge is 0.790 e. The second-order valence-corrected chi connectivity index (χ2v) is 16.1. The van der Waals surface area contributed by atoms with Crippen LogP contribution in [0.5, 0.6) is 0 Å². The van der Waals surface area contributed by atoms with Crippen LogP contribution in [0.4, 0.5) is 0 Å². The smallest absolute Gasteiger partial charge is 0.220 e. The topological polar surface area (TPSA) is 195 Å². The van der Waals surface area contributed by atoms with Crippen LogP contribution < -0.4 is 27.4 Å². The third-order valence-electron chi connectivity index (χ3n) is 9.99. The van der Waals surface area contributed by atoms with Crippen molar-refractivity contribution in [2.45, 2.75) is 244 Å². The zero-order chi connectivity index (χ0) is 36.8. The van der Waals surface area contributed by atoms with Crippen molar-refractivity contribution in [1.29, 1.82) is 0 Å². The summed E-state index contributed by atoms with van der Waals surface area (Å²) in [5.74, 6) is -0.263. The van der Waals surface area contributed by atoms with Crippen molar-refractivity contribution in [3.8, 4) is 0 Å². The molecule has 0 aromatic rings. The van der Waals surface area contributed by atoms with Crippen LogP contribution in [0.2, 0.25) is 0 Å². The lowest BCUT2D eigenvalue weighted by atomic mass is 10.0. The minimum absolute atomic E-state index is 0. The van der Waals surface area contributed by atoms with E-state index in [-0.39, 0.29) is 18.2 Å². The number of phosphoric ester groups is 1. The lowest BCUT2D eigenvalue weighted by Crippen LogP contribution is -2.46. The fourth-order valence-electron chi connectivity index (χ4n) is 6.69. The van der Waals surface area contributed by atoms with E-state index in [0.29, 0.717) is 6.42 Å². The van der Waals surface area contributed by atoms with Gasteiger partial charge in [-0.25, -0.2) is 0 Å². The molecule has 0 aliphatic rings. The number of amides is 1. The van der Waals surface area contributed by atoms with Crippen molar-refractivity contribution >= 4 is 13.7 Å². The molecule has 0 saturated heterocycles. The minimum atomic E-state index is -5.21. The summed E-state index contributed by atoms with van der Waals surface area (Å²) in [5, 5.41) is 13.3. The standard InChI is InChI=1S/C42H84NO6P.2H3N/c1-3-5-7-9-11-13-15-17-18-19-20-21-22-23-24-26-28-30-32-34-36-38-42(45)43-40(39-49-50(46,47)48)41(44)37-35-33-31-29-27-25-16-14-12-10-8-6-4-2;;/h35,37,40-41,44H,3-34,36,38-39H2,1-2H3,(H,43,45)(H2,46,47,48);2*1H3/b37-35+;;. The van der Waals surface area contributed by atoms with Crippen LogP contribution in [0.15, 0.2) is 12.2 Å². The summed E-state index contributed by atoms with van der Waals surface area (Å²) in [5.41, 5.74) is 0. The highest BCUT2D eigenvalue weighted by Crippen LogP contribution is 2.25. The molecule has 1 amide bonds. The first-order valence-electron chi connectivity index (χ1n) is 21.6. The van der Waals surface area contributed by atoms with Crippen molar-refractivity contribution in [3.05, 3.63) is 12.2 Å². The van der Waals surface area contributed by atoms with Crippen LogP contribution in [-0.4, -0.2) is 29.8 Å². The number of carbonyl (C=O) groups excluding carboxylic acids is 1. The molecule has 2 unspecified atom stereocenters. The van der Waals surface area contributed by atoms with Crippen molar-refractivity contribution < 1.29 is 28.8 Å². The molecule has 0 aromatic carbocycles. The van der Waals surface area contributed by atoms with Gasteiger partial charge in [-0.3, -0.25) is 4.79 Å². The number of unbranched alkanes of at least 4 members (excludes halogenated alkanes) is 31. The summed E-state index contributed by atoms with van der Waals surface area (Å²) >= 11 is 0. The van der Waals surface area contributed by atoms with Crippen LogP contribution in [0, 0.1) is 0 Å².